The van der Waals surface area contributed by atoms with Gasteiger partial charge in [-0.1, -0.05) is 6.92 Å². The summed E-state index contributed by atoms with van der Waals surface area (Å²) in [4.78, 5) is 8.13. The van der Waals surface area contributed by atoms with E-state index in [-0.39, 0.29) is 0 Å². The van der Waals surface area contributed by atoms with E-state index in [1.807, 2.05) is 19.9 Å². The lowest BCUT2D eigenvalue weighted by Crippen LogP contribution is -2.00. The summed E-state index contributed by atoms with van der Waals surface area (Å²) < 4.78 is 5.15. The molecule has 0 spiro atoms. The van der Waals surface area contributed by atoms with Crippen molar-refractivity contribution in [3.63, 3.8) is 0 Å². The largest absolute Gasteiger partial charge is 0.495 e. The summed E-state index contributed by atoms with van der Waals surface area (Å²) in [5, 5.41) is 0. The summed E-state index contributed by atoms with van der Waals surface area (Å²) in [6.07, 6.45) is 4.51. The normalized spacial score (nSPS) is 13.8. The number of hydrogen-bond donors (Lipinski definition) is 0. The van der Waals surface area contributed by atoms with E-state index in [1.54, 1.807) is 13.4 Å². The first-order valence-electron chi connectivity index (χ1n) is 4.53. The zero-order valence-corrected chi connectivity index (χ0v) is 8.87. The highest BCUT2D eigenvalue weighted by Crippen LogP contribution is 2.00. The summed E-state index contributed by atoms with van der Waals surface area (Å²) in [6, 6.07) is 0. The Morgan fingerprint density at radius 2 is 2.08 bits per heavy atom. The number of rotatable bonds is 5. The summed E-state index contributed by atoms with van der Waals surface area (Å²) in [6.45, 7) is 6.70. The molecular formula is C10H18N2O. The monoisotopic (exact) mass is 182 g/mol. The number of aliphatic imine (C=N–C) groups is 2. The van der Waals surface area contributed by atoms with Gasteiger partial charge in [-0.05, 0) is 26.3 Å². The van der Waals surface area contributed by atoms with Gasteiger partial charge in [0.25, 0.3) is 0 Å². The Bertz CT molecular complexity index is 217. The van der Waals surface area contributed by atoms with Crippen LogP contribution < -0.4 is 0 Å². The maximum atomic E-state index is 5.15. The average molecular weight is 182 g/mol. The minimum atomic E-state index is 0.761. The molecule has 0 atom stereocenters. The number of nitrogens with zero attached hydrogens (tertiary/aromatic N) is 2. The molecule has 0 N–H and O–H groups in total. The molecule has 0 aromatic heterocycles. The molecule has 0 saturated heterocycles. The first-order valence-corrected chi connectivity index (χ1v) is 4.53. The third-order valence-corrected chi connectivity index (χ3v) is 1.48. The van der Waals surface area contributed by atoms with E-state index < -0.39 is 0 Å². The molecule has 0 aliphatic rings. The highest BCUT2D eigenvalue weighted by atomic mass is 16.5. The first-order chi connectivity index (χ1) is 6.26. The van der Waals surface area contributed by atoms with Gasteiger partial charge in [-0.15, -0.1) is 0 Å². The van der Waals surface area contributed by atoms with Gasteiger partial charge in [-0.2, -0.15) is 0 Å². The zero-order chi connectivity index (χ0) is 10.1. The highest BCUT2D eigenvalue weighted by molar-refractivity contribution is 6.00. The molecule has 0 unspecified atom stereocenters. The summed E-state index contributed by atoms with van der Waals surface area (Å²) in [5.74, 6) is 0.824. The van der Waals surface area contributed by atoms with Crippen LogP contribution in [-0.2, 0) is 4.74 Å². The van der Waals surface area contributed by atoms with Crippen molar-refractivity contribution in [2.24, 2.45) is 9.98 Å². The molecule has 0 amide bonds. The Labute approximate surface area is 80.2 Å². The second-order valence-corrected chi connectivity index (χ2v) is 2.51. The van der Waals surface area contributed by atoms with Crippen molar-refractivity contribution >= 4 is 12.1 Å². The van der Waals surface area contributed by atoms with Crippen LogP contribution in [0.2, 0.25) is 0 Å². The zero-order valence-electron chi connectivity index (χ0n) is 8.87. The molecule has 0 bridgehead atoms. The van der Waals surface area contributed by atoms with Crippen molar-refractivity contribution in [3.8, 4) is 0 Å². The van der Waals surface area contributed by atoms with Gasteiger partial charge >= 0.3 is 0 Å². The molecular weight excluding hydrogens is 164 g/mol. The smallest absolute Gasteiger partial charge is 0.136 e. The predicted octanol–water partition coefficient (Wildman–Crippen LogP) is 2.44. The molecule has 3 nitrogen and oxygen atoms in total. The van der Waals surface area contributed by atoms with Crippen LogP contribution in [0, 0.1) is 0 Å². The van der Waals surface area contributed by atoms with Gasteiger partial charge in [0.2, 0.25) is 0 Å². The number of hydrogen-bond acceptors (Lipinski definition) is 2. The molecule has 0 radical (unpaired) electrons. The quantitative estimate of drug-likeness (QED) is 0.365. The van der Waals surface area contributed by atoms with Crippen LogP contribution in [0.3, 0.4) is 0 Å². The predicted molar refractivity (Wildman–Crippen MR) is 57.5 cm³/mol. The molecule has 3 heteroatoms. The van der Waals surface area contributed by atoms with Crippen LogP contribution in [-0.4, -0.2) is 25.7 Å². The highest BCUT2D eigenvalue weighted by Gasteiger charge is 1.97. The molecule has 0 saturated carbocycles. The van der Waals surface area contributed by atoms with Gasteiger partial charge < -0.3 is 4.74 Å². The third-order valence-electron chi connectivity index (χ3n) is 1.48. The molecule has 0 aromatic rings. The van der Waals surface area contributed by atoms with E-state index in [0.29, 0.717) is 0 Å². The van der Waals surface area contributed by atoms with Crippen LogP contribution in [0.25, 0.3) is 0 Å². The lowest BCUT2D eigenvalue weighted by Gasteiger charge is -2.03. The Morgan fingerprint density at radius 3 is 2.54 bits per heavy atom. The van der Waals surface area contributed by atoms with Gasteiger partial charge in [0, 0.05) is 6.54 Å². The standard InChI is InChI=1S/C10H18N2O/c1-5-7-10(13-4)9(3)12-8-11-6-2/h7-8H,5-6H2,1-4H3/b10-7+,11-8?,12-9?. The maximum Gasteiger partial charge on any atom is 0.136 e. The molecule has 0 rings (SSSR count). The second-order valence-electron chi connectivity index (χ2n) is 2.51. The molecule has 0 heterocycles. The Balaban J connectivity index is 4.35. The summed E-state index contributed by atoms with van der Waals surface area (Å²) >= 11 is 0. The molecule has 13 heavy (non-hydrogen) atoms. The number of methoxy groups -OCH3 is 1. The fraction of sp³-hybridized carbons (Fsp3) is 0.600. The van der Waals surface area contributed by atoms with Crippen LogP contribution in [0.4, 0.5) is 0 Å². The van der Waals surface area contributed by atoms with E-state index in [4.69, 9.17) is 4.74 Å². The molecule has 0 aliphatic carbocycles. The van der Waals surface area contributed by atoms with E-state index in [0.717, 1.165) is 24.4 Å². The van der Waals surface area contributed by atoms with Crippen molar-refractivity contribution in [3.05, 3.63) is 11.8 Å². The van der Waals surface area contributed by atoms with Gasteiger partial charge in [0.1, 0.15) is 12.1 Å². The van der Waals surface area contributed by atoms with Crippen LogP contribution >= 0.6 is 0 Å². The van der Waals surface area contributed by atoms with E-state index in [9.17, 15) is 0 Å². The van der Waals surface area contributed by atoms with Crippen LogP contribution in [0.1, 0.15) is 27.2 Å². The summed E-state index contributed by atoms with van der Waals surface area (Å²) in [5.41, 5.74) is 0.863. The van der Waals surface area contributed by atoms with Crippen molar-refractivity contribution in [1.29, 1.82) is 0 Å². The fourth-order valence-electron chi connectivity index (χ4n) is 0.837. The Hall–Kier alpha value is -1.12. The lowest BCUT2D eigenvalue weighted by molar-refractivity contribution is 0.313. The molecule has 0 aliphatic heterocycles. The average Bonchev–Trinajstić information content (AvgIpc) is 2.14. The van der Waals surface area contributed by atoms with Gasteiger partial charge in [0.15, 0.2) is 0 Å². The topological polar surface area (TPSA) is 34.0 Å². The van der Waals surface area contributed by atoms with E-state index >= 15 is 0 Å². The number of allylic oxidation sites excluding steroid dienone is 2. The first kappa shape index (κ1) is 11.9. The molecule has 0 aromatic carbocycles. The third kappa shape index (κ3) is 5.17. The van der Waals surface area contributed by atoms with Gasteiger partial charge in [-0.25, -0.2) is 4.99 Å². The van der Waals surface area contributed by atoms with Crippen molar-refractivity contribution in [2.45, 2.75) is 27.2 Å². The van der Waals surface area contributed by atoms with Crippen molar-refractivity contribution in [2.75, 3.05) is 13.7 Å². The minimum absolute atomic E-state index is 0.761. The Morgan fingerprint density at radius 1 is 1.38 bits per heavy atom. The van der Waals surface area contributed by atoms with Crippen molar-refractivity contribution < 1.29 is 4.74 Å². The van der Waals surface area contributed by atoms with Gasteiger partial charge in [0.05, 0.1) is 12.8 Å². The van der Waals surface area contributed by atoms with Crippen LogP contribution in [0.15, 0.2) is 21.8 Å². The van der Waals surface area contributed by atoms with Crippen molar-refractivity contribution in [1.82, 2.24) is 0 Å². The molecule has 0 fully saturated rings. The van der Waals surface area contributed by atoms with E-state index in [1.165, 1.54) is 0 Å². The minimum Gasteiger partial charge on any atom is -0.495 e. The summed E-state index contributed by atoms with van der Waals surface area (Å²) in [7, 11) is 1.65. The number of ether oxygens (including phenoxy) is 1. The van der Waals surface area contributed by atoms with Gasteiger partial charge in [-0.3, -0.25) is 4.99 Å². The van der Waals surface area contributed by atoms with E-state index in [2.05, 4.69) is 16.9 Å². The lowest BCUT2D eigenvalue weighted by atomic mass is 10.3. The maximum absolute atomic E-state index is 5.15. The van der Waals surface area contributed by atoms with Crippen LogP contribution in [0.5, 0.6) is 0 Å². The second kappa shape index (κ2) is 7.53. The fourth-order valence-corrected chi connectivity index (χ4v) is 0.837. The molecule has 74 valence electrons. The Kier molecular flexibility index (Phi) is 6.88. The SMILES string of the molecule is CC/C=C(/OC)C(C)=NC=NCC.